The van der Waals surface area contributed by atoms with E-state index in [1.165, 1.54) is 12.8 Å². The summed E-state index contributed by atoms with van der Waals surface area (Å²) in [6, 6.07) is 8.46. The van der Waals surface area contributed by atoms with Crippen molar-refractivity contribution in [3.8, 4) is 5.75 Å². The summed E-state index contributed by atoms with van der Waals surface area (Å²) < 4.78 is 28.6. The standard InChI is InChI=1S/C15H20F2N2O/c16-15(17)20-14-5-1-10(2-6-14)9-19-12-3-4-13(19)8-11(18)7-12/h1-2,5-6,11-13,15H,3-4,7-9,18H2. The zero-order chi connectivity index (χ0) is 14.1. The lowest BCUT2D eigenvalue weighted by Gasteiger charge is -2.37. The summed E-state index contributed by atoms with van der Waals surface area (Å²) in [5.41, 5.74) is 7.20. The van der Waals surface area contributed by atoms with Gasteiger partial charge in [-0.15, -0.1) is 0 Å². The van der Waals surface area contributed by atoms with Crippen molar-refractivity contribution in [2.75, 3.05) is 0 Å². The fraction of sp³-hybridized carbons (Fsp3) is 0.600. The first-order valence-electron chi connectivity index (χ1n) is 7.17. The van der Waals surface area contributed by atoms with Crippen LogP contribution in [0.3, 0.4) is 0 Å². The van der Waals surface area contributed by atoms with E-state index in [9.17, 15) is 8.78 Å². The molecule has 2 aliphatic rings. The zero-order valence-corrected chi connectivity index (χ0v) is 11.3. The van der Waals surface area contributed by atoms with Crippen molar-refractivity contribution in [2.24, 2.45) is 5.73 Å². The number of hydrogen-bond acceptors (Lipinski definition) is 3. The van der Waals surface area contributed by atoms with Gasteiger partial charge in [-0.2, -0.15) is 8.78 Å². The second-order valence-electron chi connectivity index (χ2n) is 5.81. The number of nitrogens with zero attached hydrogens (tertiary/aromatic N) is 1. The average Bonchev–Trinajstić information content (AvgIpc) is 2.64. The van der Waals surface area contributed by atoms with Crippen LogP contribution in [0.25, 0.3) is 0 Å². The maximum Gasteiger partial charge on any atom is 0.387 e. The van der Waals surface area contributed by atoms with Gasteiger partial charge in [-0.25, -0.2) is 0 Å². The molecule has 2 atom stereocenters. The van der Waals surface area contributed by atoms with Crippen LogP contribution in [0.1, 0.15) is 31.2 Å². The van der Waals surface area contributed by atoms with E-state index >= 15 is 0 Å². The van der Waals surface area contributed by atoms with E-state index < -0.39 is 6.61 Å². The van der Waals surface area contributed by atoms with Crippen LogP contribution in [0.5, 0.6) is 5.75 Å². The van der Waals surface area contributed by atoms with Crippen molar-refractivity contribution < 1.29 is 13.5 Å². The number of piperidine rings is 1. The number of halogens is 2. The average molecular weight is 282 g/mol. The normalized spacial score (nSPS) is 29.9. The highest BCUT2D eigenvalue weighted by Gasteiger charge is 2.39. The van der Waals surface area contributed by atoms with Crippen molar-refractivity contribution in [1.82, 2.24) is 4.90 Å². The van der Waals surface area contributed by atoms with E-state index in [0.717, 1.165) is 24.9 Å². The molecule has 1 aromatic rings. The molecule has 0 radical (unpaired) electrons. The summed E-state index contributed by atoms with van der Waals surface area (Å²) in [5.74, 6) is 0.215. The lowest BCUT2D eigenvalue weighted by Crippen LogP contribution is -2.46. The zero-order valence-electron chi connectivity index (χ0n) is 11.3. The topological polar surface area (TPSA) is 38.5 Å². The van der Waals surface area contributed by atoms with E-state index in [4.69, 9.17) is 5.73 Å². The number of ether oxygens (including phenoxy) is 1. The first-order valence-corrected chi connectivity index (χ1v) is 7.17. The van der Waals surface area contributed by atoms with Crippen LogP contribution in [-0.2, 0) is 6.54 Å². The predicted octanol–water partition coefficient (Wildman–Crippen LogP) is 2.74. The molecule has 2 fully saturated rings. The van der Waals surface area contributed by atoms with Gasteiger partial charge in [0.2, 0.25) is 0 Å². The van der Waals surface area contributed by atoms with Gasteiger partial charge in [0.15, 0.2) is 0 Å². The third kappa shape index (κ3) is 2.94. The molecule has 5 heteroatoms. The van der Waals surface area contributed by atoms with Gasteiger partial charge >= 0.3 is 6.61 Å². The van der Waals surface area contributed by atoms with Crippen LogP contribution in [0.2, 0.25) is 0 Å². The number of benzene rings is 1. The maximum absolute atomic E-state index is 12.1. The van der Waals surface area contributed by atoms with Gasteiger partial charge in [0, 0.05) is 24.7 Å². The minimum atomic E-state index is -2.76. The van der Waals surface area contributed by atoms with Gasteiger partial charge in [-0.05, 0) is 43.4 Å². The van der Waals surface area contributed by atoms with Gasteiger partial charge in [0.05, 0.1) is 0 Å². The molecule has 0 saturated carbocycles. The molecule has 20 heavy (non-hydrogen) atoms. The van der Waals surface area contributed by atoms with Crippen LogP contribution in [0.15, 0.2) is 24.3 Å². The second kappa shape index (κ2) is 5.66. The highest BCUT2D eigenvalue weighted by molar-refractivity contribution is 5.27. The third-order valence-corrected chi connectivity index (χ3v) is 4.43. The molecular formula is C15H20F2N2O. The fourth-order valence-electron chi connectivity index (χ4n) is 3.56. The van der Waals surface area contributed by atoms with Gasteiger partial charge < -0.3 is 10.5 Å². The van der Waals surface area contributed by atoms with Crippen LogP contribution in [0.4, 0.5) is 8.78 Å². The molecule has 1 aromatic carbocycles. The lowest BCUT2D eigenvalue weighted by molar-refractivity contribution is -0.0498. The Kier molecular flexibility index (Phi) is 3.89. The Labute approximate surface area is 117 Å². The summed E-state index contributed by atoms with van der Waals surface area (Å²) in [7, 11) is 0. The summed E-state index contributed by atoms with van der Waals surface area (Å²) in [4.78, 5) is 2.52. The van der Waals surface area contributed by atoms with Gasteiger partial charge in [-0.3, -0.25) is 4.90 Å². The van der Waals surface area contributed by atoms with Crippen molar-refractivity contribution >= 4 is 0 Å². The van der Waals surface area contributed by atoms with E-state index in [2.05, 4.69) is 9.64 Å². The molecule has 0 aliphatic carbocycles. The Morgan fingerprint density at radius 3 is 2.30 bits per heavy atom. The van der Waals surface area contributed by atoms with Crippen LogP contribution < -0.4 is 10.5 Å². The number of rotatable bonds is 4. The van der Waals surface area contributed by atoms with E-state index in [1.807, 2.05) is 12.1 Å². The Hall–Kier alpha value is -1.20. The summed E-state index contributed by atoms with van der Waals surface area (Å²) in [6.45, 7) is -1.89. The molecule has 2 aliphatic heterocycles. The Balaban J connectivity index is 1.63. The summed E-state index contributed by atoms with van der Waals surface area (Å²) in [6.07, 6.45) is 4.60. The molecule has 0 spiro atoms. The molecule has 2 bridgehead atoms. The van der Waals surface area contributed by atoms with Crippen LogP contribution in [-0.4, -0.2) is 29.6 Å². The summed E-state index contributed by atoms with van der Waals surface area (Å²) in [5, 5.41) is 0. The maximum atomic E-state index is 12.1. The molecule has 0 aromatic heterocycles. The second-order valence-corrected chi connectivity index (χ2v) is 5.81. The number of fused-ring (bicyclic) bond motifs is 2. The Morgan fingerprint density at radius 2 is 1.75 bits per heavy atom. The van der Waals surface area contributed by atoms with E-state index in [0.29, 0.717) is 18.1 Å². The predicted molar refractivity (Wildman–Crippen MR) is 72.6 cm³/mol. The quantitative estimate of drug-likeness (QED) is 0.923. The van der Waals surface area contributed by atoms with Crippen molar-refractivity contribution in [3.05, 3.63) is 29.8 Å². The Bertz CT molecular complexity index is 438. The van der Waals surface area contributed by atoms with Crippen LogP contribution in [0, 0.1) is 0 Å². The first kappa shape index (κ1) is 13.8. The molecule has 0 amide bonds. The largest absolute Gasteiger partial charge is 0.435 e. The molecule has 3 rings (SSSR count). The van der Waals surface area contributed by atoms with Crippen molar-refractivity contribution in [3.63, 3.8) is 0 Å². The molecule has 2 saturated heterocycles. The molecule has 2 heterocycles. The molecular weight excluding hydrogens is 262 g/mol. The van der Waals surface area contributed by atoms with E-state index in [-0.39, 0.29) is 5.75 Å². The number of nitrogens with two attached hydrogens (primary N) is 1. The fourth-order valence-corrected chi connectivity index (χ4v) is 3.56. The monoisotopic (exact) mass is 282 g/mol. The highest BCUT2D eigenvalue weighted by Crippen LogP contribution is 2.36. The lowest BCUT2D eigenvalue weighted by atomic mass is 9.97. The molecule has 2 N–H and O–H groups in total. The SMILES string of the molecule is NC1CC2CCC(C1)N2Cc1ccc(OC(F)F)cc1. The highest BCUT2D eigenvalue weighted by atomic mass is 19.3. The Morgan fingerprint density at radius 1 is 1.15 bits per heavy atom. The molecule has 110 valence electrons. The van der Waals surface area contributed by atoms with Gasteiger partial charge in [0.25, 0.3) is 0 Å². The van der Waals surface area contributed by atoms with E-state index in [1.54, 1.807) is 12.1 Å². The van der Waals surface area contributed by atoms with Crippen molar-refractivity contribution in [1.29, 1.82) is 0 Å². The van der Waals surface area contributed by atoms with Gasteiger partial charge in [0.1, 0.15) is 5.75 Å². The third-order valence-electron chi connectivity index (χ3n) is 4.43. The first-order chi connectivity index (χ1) is 9.61. The summed E-state index contributed by atoms with van der Waals surface area (Å²) >= 11 is 0. The minimum absolute atomic E-state index is 0.215. The molecule has 3 nitrogen and oxygen atoms in total. The van der Waals surface area contributed by atoms with Crippen LogP contribution >= 0.6 is 0 Å². The van der Waals surface area contributed by atoms with Crippen molar-refractivity contribution in [2.45, 2.75) is 57.0 Å². The minimum Gasteiger partial charge on any atom is -0.435 e. The van der Waals surface area contributed by atoms with Gasteiger partial charge in [-0.1, -0.05) is 12.1 Å². The molecule has 2 unspecified atom stereocenters. The smallest absolute Gasteiger partial charge is 0.387 e. The number of hydrogen-bond donors (Lipinski definition) is 1. The number of alkyl halides is 2.